The van der Waals surface area contributed by atoms with Crippen LogP contribution in [0.3, 0.4) is 0 Å². The smallest absolute Gasteiger partial charge is 0.258 e. The standard InChI is InChI=1S/C19H18N2O3S/c1-23-16-9-5-6-10-17(16)24-12-18(22)20-11-19-21-15(13-25-19)14-7-3-2-4-8-14/h2-10,13H,11-12H2,1H3,(H,20,22). The van der Waals surface area contributed by atoms with Crippen molar-refractivity contribution < 1.29 is 14.3 Å². The van der Waals surface area contributed by atoms with E-state index in [1.165, 1.54) is 11.3 Å². The van der Waals surface area contributed by atoms with E-state index in [4.69, 9.17) is 9.47 Å². The van der Waals surface area contributed by atoms with Gasteiger partial charge in [-0.05, 0) is 12.1 Å². The van der Waals surface area contributed by atoms with E-state index >= 15 is 0 Å². The van der Waals surface area contributed by atoms with Crippen molar-refractivity contribution in [3.63, 3.8) is 0 Å². The van der Waals surface area contributed by atoms with Crippen molar-refractivity contribution in [2.45, 2.75) is 6.54 Å². The van der Waals surface area contributed by atoms with Crippen LogP contribution in [0.15, 0.2) is 60.0 Å². The Morgan fingerprint density at radius 2 is 1.80 bits per heavy atom. The van der Waals surface area contributed by atoms with E-state index in [-0.39, 0.29) is 12.5 Å². The SMILES string of the molecule is COc1ccccc1OCC(=O)NCc1nc(-c2ccccc2)cs1. The van der Waals surface area contributed by atoms with E-state index in [0.29, 0.717) is 18.0 Å². The highest BCUT2D eigenvalue weighted by molar-refractivity contribution is 7.09. The van der Waals surface area contributed by atoms with Crippen LogP contribution in [0, 0.1) is 0 Å². The summed E-state index contributed by atoms with van der Waals surface area (Å²) in [5.74, 6) is 0.936. The average molecular weight is 354 g/mol. The number of rotatable bonds is 7. The third-order valence-electron chi connectivity index (χ3n) is 3.49. The number of thiazole rings is 1. The lowest BCUT2D eigenvalue weighted by molar-refractivity contribution is -0.123. The van der Waals surface area contributed by atoms with E-state index < -0.39 is 0 Å². The zero-order valence-corrected chi connectivity index (χ0v) is 14.6. The van der Waals surface area contributed by atoms with Gasteiger partial charge in [-0.25, -0.2) is 4.98 Å². The van der Waals surface area contributed by atoms with Crippen LogP contribution in [0.25, 0.3) is 11.3 Å². The molecular formula is C19H18N2O3S. The molecule has 25 heavy (non-hydrogen) atoms. The number of methoxy groups -OCH3 is 1. The van der Waals surface area contributed by atoms with Gasteiger partial charge in [0.15, 0.2) is 18.1 Å². The van der Waals surface area contributed by atoms with Crippen molar-refractivity contribution in [3.05, 3.63) is 65.0 Å². The van der Waals surface area contributed by atoms with E-state index in [1.54, 1.807) is 19.2 Å². The molecule has 0 unspecified atom stereocenters. The number of hydrogen-bond acceptors (Lipinski definition) is 5. The van der Waals surface area contributed by atoms with Crippen molar-refractivity contribution in [2.24, 2.45) is 0 Å². The molecule has 6 heteroatoms. The second-order valence-electron chi connectivity index (χ2n) is 5.21. The molecule has 0 saturated carbocycles. The third kappa shape index (κ3) is 4.58. The molecule has 128 valence electrons. The van der Waals surface area contributed by atoms with Crippen molar-refractivity contribution in [1.29, 1.82) is 0 Å². The second kappa shape index (κ2) is 8.30. The maximum absolute atomic E-state index is 12.0. The number of carbonyl (C=O) groups is 1. The summed E-state index contributed by atoms with van der Waals surface area (Å²) in [6.07, 6.45) is 0. The Balaban J connectivity index is 1.50. The van der Waals surface area contributed by atoms with Crippen LogP contribution >= 0.6 is 11.3 Å². The van der Waals surface area contributed by atoms with Crippen LogP contribution in [0.1, 0.15) is 5.01 Å². The Bertz CT molecular complexity index is 833. The highest BCUT2D eigenvalue weighted by Crippen LogP contribution is 2.25. The van der Waals surface area contributed by atoms with Crippen molar-refractivity contribution >= 4 is 17.2 Å². The zero-order valence-electron chi connectivity index (χ0n) is 13.8. The quantitative estimate of drug-likeness (QED) is 0.705. The normalized spacial score (nSPS) is 10.3. The van der Waals surface area contributed by atoms with Gasteiger partial charge in [-0.15, -0.1) is 11.3 Å². The molecule has 3 rings (SSSR count). The Labute approximate surface area is 150 Å². The number of nitrogens with one attached hydrogen (secondary N) is 1. The summed E-state index contributed by atoms with van der Waals surface area (Å²) >= 11 is 1.52. The van der Waals surface area contributed by atoms with E-state index in [0.717, 1.165) is 16.3 Å². The molecule has 0 aliphatic heterocycles. The predicted molar refractivity (Wildman–Crippen MR) is 97.9 cm³/mol. The van der Waals surface area contributed by atoms with Gasteiger partial charge in [-0.1, -0.05) is 42.5 Å². The molecule has 0 radical (unpaired) electrons. The fraction of sp³-hybridized carbons (Fsp3) is 0.158. The minimum Gasteiger partial charge on any atom is -0.493 e. The molecule has 1 aromatic heterocycles. The first-order valence-corrected chi connectivity index (χ1v) is 8.66. The lowest BCUT2D eigenvalue weighted by atomic mass is 10.2. The number of amides is 1. The topological polar surface area (TPSA) is 60.5 Å². The lowest BCUT2D eigenvalue weighted by Crippen LogP contribution is -2.28. The molecule has 0 fully saturated rings. The minimum absolute atomic E-state index is 0.0721. The molecule has 1 N–H and O–H groups in total. The summed E-state index contributed by atoms with van der Waals surface area (Å²) in [5.41, 5.74) is 1.98. The molecule has 5 nitrogen and oxygen atoms in total. The van der Waals surface area contributed by atoms with E-state index in [2.05, 4.69) is 10.3 Å². The van der Waals surface area contributed by atoms with Crippen LogP contribution in [0.5, 0.6) is 11.5 Å². The van der Waals surface area contributed by atoms with Crippen LogP contribution in [0.2, 0.25) is 0 Å². The fourth-order valence-electron chi connectivity index (χ4n) is 2.24. The Hall–Kier alpha value is -2.86. The summed E-state index contributed by atoms with van der Waals surface area (Å²) in [6.45, 7) is 0.308. The van der Waals surface area contributed by atoms with Gasteiger partial charge in [0, 0.05) is 10.9 Å². The summed E-state index contributed by atoms with van der Waals surface area (Å²) in [4.78, 5) is 16.5. The molecule has 0 aliphatic carbocycles. The Morgan fingerprint density at radius 3 is 2.56 bits per heavy atom. The van der Waals surface area contributed by atoms with Crippen LogP contribution in [0.4, 0.5) is 0 Å². The molecular weight excluding hydrogens is 336 g/mol. The number of aromatic nitrogens is 1. The van der Waals surface area contributed by atoms with Crippen LogP contribution in [-0.2, 0) is 11.3 Å². The van der Waals surface area contributed by atoms with Gasteiger partial charge < -0.3 is 14.8 Å². The highest BCUT2D eigenvalue weighted by atomic mass is 32.1. The monoisotopic (exact) mass is 354 g/mol. The molecule has 0 bridgehead atoms. The molecule has 0 spiro atoms. The Morgan fingerprint density at radius 1 is 1.08 bits per heavy atom. The van der Waals surface area contributed by atoms with Crippen LogP contribution < -0.4 is 14.8 Å². The summed E-state index contributed by atoms with van der Waals surface area (Å²) < 4.78 is 10.7. The molecule has 0 aliphatic rings. The number of hydrogen-bond donors (Lipinski definition) is 1. The predicted octanol–water partition coefficient (Wildman–Crippen LogP) is 3.51. The highest BCUT2D eigenvalue weighted by Gasteiger charge is 2.09. The fourth-order valence-corrected chi connectivity index (χ4v) is 2.98. The molecule has 0 atom stereocenters. The molecule has 2 aromatic carbocycles. The van der Waals surface area contributed by atoms with Crippen molar-refractivity contribution in [3.8, 4) is 22.8 Å². The number of ether oxygens (including phenoxy) is 2. The summed E-state index contributed by atoms with van der Waals surface area (Å²) in [5, 5.41) is 5.65. The maximum Gasteiger partial charge on any atom is 0.258 e. The number of benzene rings is 2. The number of para-hydroxylation sites is 2. The summed E-state index contributed by atoms with van der Waals surface area (Å²) in [6, 6.07) is 17.2. The van der Waals surface area contributed by atoms with Gasteiger partial charge in [-0.2, -0.15) is 0 Å². The van der Waals surface area contributed by atoms with Gasteiger partial charge in [0.05, 0.1) is 19.3 Å². The Kier molecular flexibility index (Phi) is 5.64. The maximum atomic E-state index is 12.0. The second-order valence-corrected chi connectivity index (χ2v) is 6.15. The molecule has 1 heterocycles. The van der Waals surface area contributed by atoms with E-state index in [1.807, 2.05) is 47.8 Å². The van der Waals surface area contributed by atoms with Gasteiger partial charge in [0.2, 0.25) is 0 Å². The van der Waals surface area contributed by atoms with Gasteiger partial charge in [0.1, 0.15) is 5.01 Å². The third-order valence-corrected chi connectivity index (χ3v) is 4.33. The lowest BCUT2D eigenvalue weighted by Gasteiger charge is -2.10. The van der Waals surface area contributed by atoms with Gasteiger partial charge >= 0.3 is 0 Å². The zero-order chi connectivity index (χ0) is 17.5. The number of nitrogens with zero attached hydrogens (tertiary/aromatic N) is 1. The molecule has 0 saturated heterocycles. The van der Waals surface area contributed by atoms with Crippen molar-refractivity contribution in [1.82, 2.24) is 10.3 Å². The molecule has 1 amide bonds. The largest absolute Gasteiger partial charge is 0.493 e. The van der Waals surface area contributed by atoms with Crippen molar-refractivity contribution in [2.75, 3.05) is 13.7 Å². The summed E-state index contributed by atoms with van der Waals surface area (Å²) in [7, 11) is 1.56. The first-order valence-electron chi connectivity index (χ1n) is 7.78. The minimum atomic E-state index is -0.206. The number of carbonyl (C=O) groups excluding carboxylic acids is 1. The van der Waals surface area contributed by atoms with Gasteiger partial charge in [-0.3, -0.25) is 4.79 Å². The van der Waals surface area contributed by atoms with E-state index in [9.17, 15) is 4.79 Å². The van der Waals surface area contributed by atoms with Gasteiger partial charge in [0.25, 0.3) is 5.91 Å². The molecule has 3 aromatic rings. The van der Waals surface area contributed by atoms with Crippen LogP contribution in [-0.4, -0.2) is 24.6 Å². The first-order chi connectivity index (χ1) is 12.3. The first kappa shape index (κ1) is 17.0. The average Bonchev–Trinajstić information content (AvgIpc) is 3.14.